The summed E-state index contributed by atoms with van der Waals surface area (Å²) in [5.41, 5.74) is 0.908. The van der Waals surface area contributed by atoms with Gasteiger partial charge in [0.25, 0.3) is 10.2 Å². The third kappa shape index (κ3) is 3.31. The minimum Gasteiger partial charge on any atom is -0.359 e. The van der Waals surface area contributed by atoms with Crippen molar-refractivity contribution in [1.29, 1.82) is 0 Å². The van der Waals surface area contributed by atoms with Crippen LogP contribution in [-0.4, -0.2) is 75.2 Å². The molecule has 8 heteroatoms. The molecule has 0 saturated carbocycles. The number of benzene rings is 1. The van der Waals surface area contributed by atoms with E-state index >= 15 is 0 Å². The van der Waals surface area contributed by atoms with Gasteiger partial charge in [-0.25, -0.2) is 0 Å². The minimum atomic E-state index is -3.42. The van der Waals surface area contributed by atoms with E-state index < -0.39 is 10.2 Å². The van der Waals surface area contributed by atoms with Crippen molar-refractivity contribution in [1.82, 2.24) is 18.8 Å². The molecule has 2 heterocycles. The van der Waals surface area contributed by atoms with Crippen LogP contribution in [0.5, 0.6) is 0 Å². The standard InChI is InChI=1S/C17H26N4O3S/c1-18-16(22)15-10-20(9-14-7-5-4-6-8-14)11-17(15)12-21(13-17)25(23,24)19(2)3/h4-8,15H,9-13H2,1-3H3,(H,18,22). The average molecular weight is 366 g/mol. The van der Waals surface area contributed by atoms with Crippen LogP contribution in [0.4, 0.5) is 0 Å². The Morgan fingerprint density at radius 3 is 2.44 bits per heavy atom. The molecule has 1 amide bonds. The Hall–Kier alpha value is -1.48. The van der Waals surface area contributed by atoms with Gasteiger partial charge in [0.15, 0.2) is 0 Å². The highest BCUT2D eigenvalue weighted by Crippen LogP contribution is 2.45. The summed E-state index contributed by atoms with van der Waals surface area (Å²) in [5.74, 6) is -0.188. The summed E-state index contributed by atoms with van der Waals surface area (Å²) in [6.45, 7) is 2.97. The van der Waals surface area contributed by atoms with Crippen LogP contribution in [0.1, 0.15) is 5.56 Å². The number of carbonyl (C=O) groups is 1. The number of rotatable bonds is 5. The van der Waals surface area contributed by atoms with Gasteiger partial charge < -0.3 is 5.32 Å². The zero-order chi connectivity index (χ0) is 18.2. The molecule has 1 unspecified atom stereocenters. The Bertz CT molecular complexity index is 730. The predicted molar refractivity (Wildman–Crippen MR) is 95.9 cm³/mol. The number of nitrogens with one attached hydrogen (secondary N) is 1. The predicted octanol–water partition coefficient (Wildman–Crippen LogP) is -0.0272. The van der Waals surface area contributed by atoms with Gasteiger partial charge in [-0.05, 0) is 5.56 Å². The van der Waals surface area contributed by atoms with Crippen molar-refractivity contribution in [2.45, 2.75) is 6.54 Å². The number of likely N-dealkylation sites (tertiary alicyclic amines) is 1. The summed E-state index contributed by atoms with van der Waals surface area (Å²) < 4.78 is 27.3. The third-order valence-corrected chi connectivity index (χ3v) is 7.13. The molecule has 7 nitrogen and oxygen atoms in total. The lowest BCUT2D eigenvalue weighted by Crippen LogP contribution is -2.65. The van der Waals surface area contributed by atoms with Gasteiger partial charge >= 0.3 is 0 Å². The minimum absolute atomic E-state index is 0.00235. The lowest BCUT2D eigenvalue weighted by molar-refractivity contribution is -0.129. The van der Waals surface area contributed by atoms with Crippen molar-refractivity contribution >= 4 is 16.1 Å². The van der Waals surface area contributed by atoms with Crippen molar-refractivity contribution in [2.24, 2.45) is 11.3 Å². The first-order valence-corrected chi connectivity index (χ1v) is 9.84. The van der Waals surface area contributed by atoms with Crippen LogP contribution in [0, 0.1) is 11.3 Å². The second kappa shape index (κ2) is 6.68. The van der Waals surface area contributed by atoms with Gasteiger partial charge in [-0.15, -0.1) is 0 Å². The summed E-state index contributed by atoms with van der Waals surface area (Å²) in [4.78, 5) is 14.7. The Labute approximate surface area is 149 Å². The van der Waals surface area contributed by atoms with Crippen molar-refractivity contribution in [3.63, 3.8) is 0 Å². The molecule has 2 saturated heterocycles. The first-order valence-electron chi connectivity index (χ1n) is 8.44. The number of nitrogens with zero attached hydrogens (tertiary/aromatic N) is 3. The van der Waals surface area contributed by atoms with Crippen LogP contribution in [0.25, 0.3) is 0 Å². The van der Waals surface area contributed by atoms with Crippen molar-refractivity contribution < 1.29 is 13.2 Å². The monoisotopic (exact) mass is 366 g/mol. The van der Waals surface area contributed by atoms with E-state index in [0.717, 1.165) is 13.1 Å². The average Bonchev–Trinajstić information content (AvgIpc) is 2.93. The molecule has 2 aliphatic heterocycles. The maximum atomic E-state index is 12.4. The fourth-order valence-electron chi connectivity index (χ4n) is 3.94. The van der Waals surface area contributed by atoms with E-state index in [1.165, 1.54) is 28.3 Å². The number of amides is 1. The molecule has 0 radical (unpaired) electrons. The molecule has 0 bridgehead atoms. The van der Waals surface area contributed by atoms with Gasteiger partial charge in [0.05, 0.1) is 5.92 Å². The van der Waals surface area contributed by atoms with E-state index in [0.29, 0.717) is 19.6 Å². The van der Waals surface area contributed by atoms with Crippen molar-refractivity contribution in [3.05, 3.63) is 35.9 Å². The molecule has 1 N–H and O–H groups in total. The van der Waals surface area contributed by atoms with E-state index in [1.54, 1.807) is 7.05 Å². The van der Waals surface area contributed by atoms with Crippen LogP contribution in [0.15, 0.2) is 30.3 Å². The van der Waals surface area contributed by atoms with Gasteiger partial charge in [0.1, 0.15) is 0 Å². The molecule has 1 spiro atoms. The Kier molecular flexibility index (Phi) is 4.89. The molecule has 25 heavy (non-hydrogen) atoms. The van der Waals surface area contributed by atoms with Crippen LogP contribution in [-0.2, 0) is 21.5 Å². The maximum Gasteiger partial charge on any atom is 0.281 e. The summed E-state index contributed by atoms with van der Waals surface area (Å²) in [5, 5.41) is 2.75. The van der Waals surface area contributed by atoms with E-state index in [4.69, 9.17) is 0 Å². The largest absolute Gasteiger partial charge is 0.359 e. The second-order valence-electron chi connectivity index (χ2n) is 7.24. The summed E-state index contributed by atoms with van der Waals surface area (Å²) >= 11 is 0. The van der Waals surface area contributed by atoms with Gasteiger partial charge in [0, 0.05) is 59.3 Å². The highest BCUT2D eigenvalue weighted by molar-refractivity contribution is 7.86. The van der Waals surface area contributed by atoms with Crippen LogP contribution >= 0.6 is 0 Å². The van der Waals surface area contributed by atoms with E-state index in [9.17, 15) is 13.2 Å². The molecule has 2 fully saturated rings. The van der Waals surface area contributed by atoms with Crippen molar-refractivity contribution in [3.8, 4) is 0 Å². The van der Waals surface area contributed by atoms with Crippen LogP contribution < -0.4 is 5.32 Å². The van der Waals surface area contributed by atoms with E-state index in [1.807, 2.05) is 18.2 Å². The molecule has 1 aromatic carbocycles. The molecule has 2 aliphatic rings. The normalized spacial score (nSPS) is 23.8. The molecule has 3 rings (SSSR count). The zero-order valence-corrected chi connectivity index (χ0v) is 15.8. The smallest absolute Gasteiger partial charge is 0.281 e. The summed E-state index contributed by atoms with van der Waals surface area (Å²) in [7, 11) is 1.29. The second-order valence-corrected chi connectivity index (χ2v) is 9.39. The quantitative estimate of drug-likeness (QED) is 0.795. The van der Waals surface area contributed by atoms with Gasteiger partial charge in [-0.2, -0.15) is 17.0 Å². The van der Waals surface area contributed by atoms with Gasteiger partial charge in [-0.3, -0.25) is 9.69 Å². The summed E-state index contributed by atoms with van der Waals surface area (Å²) in [6.07, 6.45) is 0. The number of hydrogen-bond acceptors (Lipinski definition) is 4. The lowest BCUT2D eigenvalue weighted by atomic mass is 9.72. The Morgan fingerprint density at radius 2 is 1.88 bits per heavy atom. The third-order valence-electron chi connectivity index (χ3n) is 5.30. The van der Waals surface area contributed by atoms with Crippen LogP contribution in [0.3, 0.4) is 0 Å². The molecular weight excluding hydrogens is 340 g/mol. The number of carbonyl (C=O) groups excluding carboxylic acids is 1. The molecule has 138 valence electrons. The molecule has 0 aromatic heterocycles. The first-order chi connectivity index (χ1) is 11.8. The topological polar surface area (TPSA) is 73.0 Å². The zero-order valence-electron chi connectivity index (χ0n) is 15.0. The maximum absolute atomic E-state index is 12.4. The summed E-state index contributed by atoms with van der Waals surface area (Å²) in [6, 6.07) is 10.1. The molecule has 0 aliphatic carbocycles. The molecular formula is C17H26N4O3S. The van der Waals surface area contributed by atoms with Crippen LogP contribution in [0.2, 0.25) is 0 Å². The molecule has 1 atom stereocenters. The highest BCUT2D eigenvalue weighted by Gasteiger charge is 2.59. The SMILES string of the molecule is CNC(=O)C1CN(Cc2ccccc2)CC12CN(S(=O)(=O)N(C)C)C2. The molecule has 1 aromatic rings. The number of hydrogen-bond donors (Lipinski definition) is 1. The van der Waals surface area contributed by atoms with E-state index in [2.05, 4.69) is 22.3 Å². The van der Waals surface area contributed by atoms with Crippen molar-refractivity contribution in [2.75, 3.05) is 47.3 Å². The Balaban J connectivity index is 1.75. The van der Waals surface area contributed by atoms with Gasteiger partial charge in [0.2, 0.25) is 5.91 Å². The highest BCUT2D eigenvalue weighted by atomic mass is 32.2. The fourth-order valence-corrected chi connectivity index (χ4v) is 5.24. The fraction of sp³-hybridized carbons (Fsp3) is 0.588. The van der Waals surface area contributed by atoms with Gasteiger partial charge in [-0.1, -0.05) is 30.3 Å². The van der Waals surface area contributed by atoms with E-state index in [-0.39, 0.29) is 17.2 Å². The Morgan fingerprint density at radius 1 is 1.24 bits per heavy atom. The first kappa shape index (κ1) is 18.3. The lowest BCUT2D eigenvalue weighted by Gasteiger charge is -2.49.